The first kappa shape index (κ1) is 9.36. The van der Waals surface area contributed by atoms with Crippen LogP contribution >= 0.6 is 24.8 Å². The molecule has 0 radical (unpaired) electrons. The standard InChI is InChI=1S/C5H11NOS2/c1-3-6(7,4-2)5(8)9/h3-4H2,1-2H3,(H,8,9). The van der Waals surface area contributed by atoms with E-state index in [1.807, 2.05) is 0 Å². The molecule has 0 aliphatic carbocycles. The largest absolute Gasteiger partial charge is 0.626 e. The molecule has 0 bridgehead atoms. The quantitative estimate of drug-likeness (QED) is 0.290. The highest BCUT2D eigenvalue weighted by Gasteiger charge is 2.14. The summed E-state index contributed by atoms with van der Waals surface area (Å²) in [5, 5.41) is 11.3. The molecule has 0 atom stereocenters. The lowest BCUT2D eigenvalue weighted by atomic mass is 10.5. The van der Waals surface area contributed by atoms with E-state index < -0.39 is 4.65 Å². The van der Waals surface area contributed by atoms with E-state index in [0.29, 0.717) is 13.1 Å². The molecule has 54 valence electrons. The van der Waals surface area contributed by atoms with E-state index in [4.69, 9.17) is 0 Å². The van der Waals surface area contributed by atoms with E-state index in [9.17, 15) is 5.21 Å². The lowest BCUT2D eigenvalue weighted by molar-refractivity contribution is -0.778. The Morgan fingerprint density at radius 2 is 1.89 bits per heavy atom. The minimum Gasteiger partial charge on any atom is -0.626 e. The summed E-state index contributed by atoms with van der Waals surface area (Å²) < 4.78 is -0.238. The zero-order chi connectivity index (χ0) is 7.49. The molecule has 0 N–H and O–H groups in total. The summed E-state index contributed by atoms with van der Waals surface area (Å²) in [7, 11) is 0. The van der Waals surface area contributed by atoms with Crippen LogP contribution in [-0.4, -0.2) is 22.1 Å². The number of rotatable bonds is 2. The zero-order valence-electron chi connectivity index (χ0n) is 5.63. The van der Waals surface area contributed by atoms with Gasteiger partial charge in [0.15, 0.2) is 0 Å². The molecule has 0 saturated carbocycles. The van der Waals surface area contributed by atoms with Crippen molar-refractivity contribution in [3.63, 3.8) is 0 Å². The van der Waals surface area contributed by atoms with Crippen LogP contribution in [0.15, 0.2) is 0 Å². The second kappa shape index (κ2) is 3.51. The van der Waals surface area contributed by atoms with Crippen LogP contribution in [0.5, 0.6) is 0 Å². The van der Waals surface area contributed by atoms with Gasteiger partial charge in [-0.15, -0.1) is 0 Å². The van der Waals surface area contributed by atoms with E-state index in [-0.39, 0.29) is 4.32 Å². The average molecular weight is 165 g/mol. The predicted octanol–water partition coefficient (Wildman–Crippen LogP) is 1.56. The van der Waals surface area contributed by atoms with Crippen molar-refractivity contribution in [2.24, 2.45) is 0 Å². The smallest absolute Gasteiger partial charge is 0.230 e. The van der Waals surface area contributed by atoms with E-state index >= 15 is 0 Å². The minimum absolute atomic E-state index is 0.222. The van der Waals surface area contributed by atoms with Crippen LogP contribution in [-0.2, 0) is 0 Å². The maximum atomic E-state index is 11.3. The van der Waals surface area contributed by atoms with Crippen molar-refractivity contribution in [3.05, 3.63) is 5.21 Å². The molecule has 0 aliphatic rings. The van der Waals surface area contributed by atoms with Gasteiger partial charge in [0.05, 0.1) is 13.1 Å². The van der Waals surface area contributed by atoms with E-state index in [1.165, 1.54) is 0 Å². The van der Waals surface area contributed by atoms with Gasteiger partial charge in [-0.1, -0.05) is 12.6 Å². The van der Waals surface area contributed by atoms with Gasteiger partial charge in [0.1, 0.15) is 0 Å². The van der Waals surface area contributed by atoms with Crippen molar-refractivity contribution in [1.82, 2.24) is 0 Å². The Labute approximate surface area is 66.4 Å². The molecule has 0 saturated heterocycles. The minimum atomic E-state index is -0.460. The van der Waals surface area contributed by atoms with Gasteiger partial charge in [0.25, 0.3) is 0 Å². The predicted molar refractivity (Wildman–Crippen MR) is 46.3 cm³/mol. The van der Waals surface area contributed by atoms with Crippen molar-refractivity contribution >= 4 is 29.2 Å². The highest BCUT2D eigenvalue weighted by Crippen LogP contribution is 2.07. The van der Waals surface area contributed by atoms with Gasteiger partial charge in [-0.3, -0.25) is 0 Å². The van der Waals surface area contributed by atoms with Crippen molar-refractivity contribution < 1.29 is 4.65 Å². The normalized spacial score (nSPS) is 11.6. The molecular formula is C5H11NOS2. The lowest BCUT2D eigenvalue weighted by Gasteiger charge is -2.38. The molecule has 2 nitrogen and oxygen atoms in total. The topological polar surface area (TPSA) is 23.1 Å². The highest BCUT2D eigenvalue weighted by atomic mass is 32.1. The van der Waals surface area contributed by atoms with Crippen molar-refractivity contribution in [2.45, 2.75) is 13.8 Å². The van der Waals surface area contributed by atoms with Gasteiger partial charge >= 0.3 is 0 Å². The highest BCUT2D eigenvalue weighted by molar-refractivity contribution is 8.10. The van der Waals surface area contributed by atoms with Crippen LogP contribution in [0.2, 0.25) is 0 Å². The van der Waals surface area contributed by atoms with Gasteiger partial charge in [0.2, 0.25) is 4.32 Å². The summed E-state index contributed by atoms with van der Waals surface area (Å²) in [5.41, 5.74) is 0. The van der Waals surface area contributed by atoms with Gasteiger partial charge in [-0.25, -0.2) is 0 Å². The lowest BCUT2D eigenvalue weighted by Crippen LogP contribution is -2.43. The second-order valence-corrected chi connectivity index (χ2v) is 2.92. The molecule has 0 fully saturated rings. The Bertz CT molecular complexity index is 112. The third-order valence-corrected chi connectivity index (χ3v) is 2.07. The molecular weight excluding hydrogens is 154 g/mol. The Morgan fingerprint density at radius 1 is 1.56 bits per heavy atom. The molecule has 0 aromatic carbocycles. The third kappa shape index (κ3) is 2.21. The van der Waals surface area contributed by atoms with Gasteiger partial charge in [0, 0.05) is 0 Å². The fourth-order valence-electron chi connectivity index (χ4n) is 0.494. The summed E-state index contributed by atoms with van der Waals surface area (Å²) in [6.45, 7) is 4.55. The number of quaternary nitrogens is 1. The van der Waals surface area contributed by atoms with Crippen LogP contribution in [0, 0.1) is 5.21 Å². The number of nitrogens with zero attached hydrogens (tertiary/aromatic N) is 1. The summed E-state index contributed by atoms with van der Waals surface area (Å²) in [5.74, 6) is 0. The second-order valence-electron chi connectivity index (χ2n) is 1.80. The molecule has 0 aromatic heterocycles. The van der Waals surface area contributed by atoms with E-state index in [2.05, 4.69) is 24.8 Å². The third-order valence-electron chi connectivity index (χ3n) is 1.37. The first-order valence-electron chi connectivity index (χ1n) is 2.88. The van der Waals surface area contributed by atoms with Crippen LogP contribution in [0.25, 0.3) is 0 Å². The van der Waals surface area contributed by atoms with Crippen LogP contribution < -0.4 is 0 Å². The number of hydrogen-bond donors (Lipinski definition) is 1. The summed E-state index contributed by atoms with van der Waals surface area (Å²) in [6, 6.07) is 0. The van der Waals surface area contributed by atoms with Crippen molar-refractivity contribution in [3.8, 4) is 0 Å². The number of hydrogen-bond acceptors (Lipinski definition) is 2. The molecule has 4 heteroatoms. The summed E-state index contributed by atoms with van der Waals surface area (Å²) in [4.78, 5) is 0. The van der Waals surface area contributed by atoms with Crippen LogP contribution in [0.1, 0.15) is 13.8 Å². The maximum Gasteiger partial charge on any atom is 0.230 e. The molecule has 0 aliphatic heterocycles. The number of hydroxylamine groups is 3. The first-order valence-corrected chi connectivity index (χ1v) is 3.74. The number of thiol groups is 1. The SMILES string of the molecule is CC[N+]([O-])(CC)C(=S)S. The molecule has 0 heterocycles. The Kier molecular flexibility index (Phi) is 3.65. The van der Waals surface area contributed by atoms with Gasteiger partial charge in [-0.05, 0) is 26.1 Å². The van der Waals surface area contributed by atoms with Gasteiger partial charge < -0.3 is 9.85 Å². The zero-order valence-corrected chi connectivity index (χ0v) is 7.34. The average Bonchev–Trinajstić information content (AvgIpc) is 1.86. The summed E-state index contributed by atoms with van der Waals surface area (Å²) in [6.07, 6.45) is 0. The fraction of sp³-hybridized carbons (Fsp3) is 0.800. The first-order chi connectivity index (χ1) is 4.06. The van der Waals surface area contributed by atoms with E-state index in [0.717, 1.165) is 0 Å². The van der Waals surface area contributed by atoms with E-state index in [1.54, 1.807) is 13.8 Å². The molecule has 0 unspecified atom stereocenters. The fourth-order valence-corrected chi connectivity index (χ4v) is 1.04. The van der Waals surface area contributed by atoms with Crippen molar-refractivity contribution in [2.75, 3.05) is 13.1 Å². The molecule has 0 amide bonds. The van der Waals surface area contributed by atoms with Crippen LogP contribution in [0.4, 0.5) is 0 Å². The van der Waals surface area contributed by atoms with Crippen LogP contribution in [0.3, 0.4) is 0 Å². The molecule has 9 heavy (non-hydrogen) atoms. The molecule has 0 rings (SSSR count). The monoisotopic (exact) mass is 165 g/mol. The molecule has 0 spiro atoms. The summed E-state index contributed by atoms with van der Waals surface area (Å²) >= 11 is 8.48. The van der Waals surface area contributed by atoms with Gasteiger partial charge in [-0.2, -0.15) is 0 Å². The Balaban J connectivity index is 4.09. The Morgan fingerprint density at radius 3 is 1.89 bits per heavy atom. The maximum absolute atomic E-state index is 11.3. The molecule has 0 aromatic rings. The van der Waals surface area contributed by atoms with Crippen molar-refractivity contribution in [1.29, 1.82) is 0 Å². The Hall–Kier alpha value is 0.360. The number of thiocarbonyl (C=S) groups is 1.